The first-order valence-electron chi connectivity index (χ1n) is 11.3. The molecule has 0 aliphatic heterocycles. The lowest BCUT2D eigenvalue weighted by Gasteiger charge is -2.26. The number of anilines is 1. The first-order chi connectivity index (χ1) is 17.2. The van der Waals surface area contributed by atoms with Crippen molar-refractivity contribution >= 4 is 25.9 Å². The quantitative estimate of drug-likeness (QED) is 0.416. The fourth-order valence-electron chi connectivity index (χ4n) is 4.26. The molecule has 0 saturated heterocycles. The maximum atomic E-state index is 13.9. The standard InChI is InChI=1S/C23H24F3N5O4S2/c24-23(25,26)22-30-20(15-7-5-11-18(13-15)37(28,34)35)19(14-6-4-10-17(12-14)36(27,32)33)21(31-22)29-16-8-2-1-3-9-16/h4-7,10-13,16H,1-3,8-9H2,(H2,27,32,33)(H2,28,34,35)(H,29,30,31). The van der Waals surface area contributed by atoms with Crippen LogP contribution in [0.1, 0.15) is 37.9 Å². The van der Waals surface area contributed by atoms with Gasteiger partial charge < -0.3 is 5.32 Å². The van der Waals surface area contributed by atoms with Crippen LogP contribution in [-0.2, 0) is 26.2 Å². The van der Waals surface area contributed by atoms with Crippen molar-refractivity contribution in [2.24, 2.45) is 10.3 Å². The van der Waals surface area contributed by atoms with Crippen molar-refractivity contribution in [1.29, 1.82) is 0 Å². The predicted molar refractivity (Wildman–Crippen MR) is 131 cm³/mol. The lowest BCUT2D eigenvalue weighted by atomic mass is 9.94. The summed E-state index contributed by atoms with van der Waals surface area (Å²) in [4.78, 5) is 6.96. The highest BCUT2D eigenvalue weighted by Gasteiger charge is 2.37. The van der Waals surface area contributed by atoms with Crippen LogP contribution in [-0.4, -0.2) is 32.8 Å². The summed E-state index contributed by atoms with van der Waals surface area (Å²) in [6.45, 7) is 0. The summed E-state index contributed by atoms with van der Waals surface area (Å²) in [6, 6.07) is 10.2. The van der Waals surface area contributed by atoms with E-state index in [-0.39, 0.29) is 44.0 Å². The fraction of sp³-hybridized carbons (Fsp3) is 0.304. The SMILES string of the molecule is NS(=O)(=O)c1cccc(-c2nc(C(F)(F)F)nc(NC3CCCCC3)c2-c2cccc(S(N)(=O)=O)c2)c1. The Kier molecular flexibility index (Phi) is 7.29. The van der Waals surface area contributed by atoms with E-state index in [9.17, 15) is 30.0 Å². The third kappa shape index (κ3) is 6.26. The number of aromatic nitrogens is 2. The van der Waals surface area contributed by atoms with Crippen LogP contribution in [0.15, 0.2) is 58.3 Å². The molecule has 0 bridgehead atoms. The Bertz CT molecular complexity index is 1540. The summed E-state index contributed by atoms with van der Waals surface area (Å²) >= 11 is 0. The summed E-state index contributed by atoms with van der Waals surface area (Å²) in [6.07, 6.45) is -0.736. The van der Waals surface area contributed by atoms with E-state index in [0.29, 0.717) is 12.8 Å². The molecule has 2 aromatic carbocycles. The molecule has 3 aromatic rings. The highest BCUT2D eigenvalue weighted by Crippen LogP contribution is 2.40. The van der Waals surface area contributed by atoms with Gasteiger partial charge in [-0.25, -0.2) is 37.1 Å². The normalized spacial score (nSPS) is 15.5. The summed E-state index contributed by atoms with van der Waals surface area (Å²) < 4.78 is 89.6. The third-order valence-corrected chi connectivity index (χ3v) is 7.82. The molecule has 0 atom stereocenters. The average Bonchev–Trinajstić information content (AvgIpc) is 2.83. The van der Waals surface area contributed by atoms with Crippen LogP contribution in [0.3, 0.4) is 0 Å². The number of halogens is 3. The zero-order valence-corrected chi connectivity index (χ0v) is 21.0. The number of rotatable bonds is 6. The van der Waals surface area contributed by atoms with Gasteiger partial charge in [0, 0.05) is 11.6 Å². The van der Waals surface area contributed by atoms with Gasteiger partial charge in [0.05, 0.1) is 21.0 Å². The highest BCUT2D eigenvalue weighted by atomic mass is 32.2. The van der Waals surface area contributed by atoms with E-state index in [0.717, 1.165) is 25.3 Å². The van der Waals surface area contributed by atoms with Crippen LogP contribution < -0.4 is 15.6 Å². The molecule has 1 fully saturated rings. The second-order valence-corrected chi connectivity index (χ2v) is 11.9. The van der Waals surface area contributed by atoms with Crippen LogP contribution in [0.2, 0.25) is 0 Å². The van der Waals surface area contributed by atoms with Gasteiger partial charge in [0.2, 0.25) is 25.9 Å². The largest absolute Gasteiger partial charge is 0.451 e. The molecule has 1 aromatic heterocycles. The third-order valence-electron chi connectivity index (χ3n) is 6.00. The Balaban J connectivity index is 2.05. The van der Waals surface area contributed by atoms with Crippen LogP contribution in [0.25, 0.3) is 22.4 Å². The molecule has 1 aliphatic carbocycles. The number of alkyl halides is 3. The zero-order chi connectivity index (χ0) is 27.0. The minimum Gasteiger partial charge on any atom is -0.367 e. The molecule has 9 nitrogen and oxygen atoms in total. The zero-order valence-electron chi connectivity index (χ0n) is 19.4. The van der Waals surface area contributed by atoms with Crippen molar-refractivity contribution in [2.45, 2.75) is 54.1 Å². The van der Waals surface area contributed by atoms with E-state index in [1.165, 1.54) is 42.5 Å². The lowest BCUT2D eigenvalue weighted by Crippen LogP contribution is -2.25. The second kappa shape index (κ2) is 10.0. The average molecular weight is 556 g/mol. The van der Waals surface area contributed by atoms with E-state index in [2.05, 4.69) is 15.3 Å². The topological polar surface area (TPSA) is 158 Å². The summed E-state index contributed by atoms with van der Waals surface area (Å²) in [5, 5.41) is 13.6. The minimum absolute atomic E-state index is 0.0159. The van der Waals surface area contributed by atoms with Crippen molar-refractivity contribution in [3.63, 3.8) is 0 Å². The molecular weight excluding hydrogens is 531 g/mol. The Hall–Kier alpha value is -3.07. The minimum atomic E-state index is -4.92. The number of nitrogens with two attached hydrogens (primary N) is 2. The van der Waals surface area contributed by atoms with Gasteiger partial charge in [-0.15, -0.1) is 0 Å². The molecule has 0 spiro atoms. The maximum Gasteiger partial charge on any atom is 0.451 e. The molecular formula is C23H24F3N5O4S2. The number of hydrogen-bond donors (Lipinski definition) is 3. The van der Waals surface area contributed by atoms with Gasteiger partial charge in [0.25, 0.3) is 0 Å². The molecule has 1 saturated carbocycles. The van der Waals surface area contributed by atoms with Crippen molar-refractivity contribution < 1.29 is 30.0 Å². The molecule has 0 radical (unpaired) electrons. The van der Waals surface area contributed by atoms with Crippen LogP contribution in [0, 0.1) is 0 Å². The van der Waals surface area contributed by atoms with E-state index in [1.54, 1.807) is 0 Å². The Labute approximate surface area is 212 Å². The molecule has 1 aliphatic rings. The number of nitrogens with one attached hydrogen (secondary N) is 1. The number of primary sulfonamides is 2. The Morgan fingerprint density at radius 1 is 0.811 bits per heavy atom. The van der Waals surface area contributed by atoms with Crippen molar-refractivity contribution in [3.05, 3.63) is 54.4 Å². The molecule has 37 heavy (non-hydrogen) atoms. The highest BCUT2D eigenvalue weighted by molar-refractivity contribution is 7.89. The van der Waals surface area contributed by atoms with Crippen LogP contribution in [0.5, 0.6) is 0 Å². The van der Waals surface area contributed by atoms with Gasteiger partial charge in [-0.1, -0.05) is 43.5 Å². The second-order valence-electron chi connectivity index (χ2n) is 8.74. The maximum absolute atomic E-state index is 13.9. The van der Waals surface area contributed by atoms with Gasteiger partial charge in [0.1, 0.15) is 5.82 Å². The van der Waals surface area contributed by atoms with Gasteiger partial charge in [-0.05, 0) is 42.7 Å². The molecule has 0 amide bonds. The smallest absolute Gasteiger partial charge is 0.367 e. The first kappa shape index (κ1) is 27.0. The lowest BCUT2D eigenvalue weighted by molar-refractivity contribution is -0.144. The van der Waals surface area contributed by atoms with Crippen LogP contribution in [0.4, 0.5) is 19.0 Å². The Morgan fingerprint density at radius 3 is 1.89 bits per heavy atom. The van der Waals surface area contributed by atoms with Crippen molar-refractivity contribution in [2.75, 3.05) is 5.32 Å². The Morgan fingerprint density at radius 2 is 1.35 bits per heavy atom. The number of nitrogens with zero attached hydrogens (tertiary/aromatic N) is 2. The molecule has 0 unspecified atom stereocenters. The van der Waals surface area contributed by atoms with Gasteiger partial charge in [-0.2, -0.15) is 13.2 Å². The molecule has 14 heteroatoms. The first-order valence-corrected chi connectivity index (χ1v) is 14.3. The fourth-order valence-corrected chi connectivity index (χ4v) is 5.38. The van der Waals surface area contributed by atoms with E-state index >= 15 is 0 Å². The van der Waals surface area contributed by atoms with Crippen LogP contribution >= 0.6 is 0 Å². The van der Waals surface area contributed by atoms with E-state index in [1.807, 2.05) is 0 Å². The van der Waals surface area contributed by atoms with Gasteiger partial charge in [0.15, 0.2) is 0 Å². The summed E-state index contributed by atoms with van der Waals surface area (Å²) in [5.41, 5.74) is 0.00467. The summed E-state index contributed by atoms with van der Waals surface area (Å²) in [5.74, 6) is -1.59. The van der Waals surface area contributed by atoms with Crippen molar-refractivity contribution in [3.8, 4) is 22.4 Å². The monoisotopic (exact) mass is 555 g/mol. The number of benzene rings is 2. The molecule has 1 heterocycles. The molecule has 5 N–H and O–H groups in total. The molecule has 4 rings (SSSR count). The van der Waals surface area contributed by atoms with Crippen molar-refractivity contribution in [1.82, 2.24) is 9.97 Å². The van der Waals surface area contributed by atoms with Gasteiger partial charge >= 0.3 is 6.18 Å². The van der Waals surface area contributed by atoms with E-state index in [4.69, 9.17) is 10.3 Å². The van der Waals surface area contributed by atoms with Gasteiger partial charge in [-0.3, -0.25) is 0 Å². The number of sulfonamides is 2. The number of hydrogen-bond acceptors (Lipinski definition) is 7. The predicted octanol–water partition coefficient (Wildman–Crippen LogP) is 3.87. The summed E-state index contributed by atoms with van der Waals surface area (Å²) in [7, 11) is -8.33. The molecule has 198 valence electrons. The van der Waals surface area contributed by atoms with E-state index < -0.39 is 32.0 Å².